The second-order valence-corrected chi connectivity index (χ2v) is 3.13. The first-order valence-corrected chi connectivity index (χ1v) is 4.54. The number of non-ortho nitro benzene ring substituents is 1. The first-order valence-electron chi connectivity index (χ1n) is 4.54. The summed E-state index contributed by atoms with van der Waals surface area (Å²) in [6.07, 6.45) is 1.52. The molecule has 1 aromatic heterocycles. The Morgan fingerprint density at radius 2 is 2.25 bits per heavy atom. The highest BCUT2D eigenvalue weighted by Crippen LogP contribution is 2.23. The van der Waals surface area contributed by atoms with Gasteiger partial charge in [-0.1, -0.05) is 23.9 Å². The van der Waals surface area contributed by atoms with Crippen molar-refractivity contribution >= 4 is 11.8 Å². The van der Waals surface area contributed by atoms with Crippen LogP contribution in [0.3, 0.4) is 0 Å². The lowest BCUT2D eigenvalue weighted by Gasteiger charge is -1.94. The van der Waals surface area contributed by atoms with Crippen molar-refractivity contribution in [3.63, 3.8) is 0 Å². The van der Waals surface area contributed by atoms with E-state index in [0.717, 1.165) is 0 Å². The summed E-state index contributed by atoms with van der Waals surface area (Å²) >= 11 is 0. The van der Waals surface area contributed by atoms with Crippen molar-refractivity contribution < 1.29 is 9.45 Å². The zero-order chi connectivity index (χ0) is 11.5. The van der Waals surface area contributed by atoms with Crippen LogP contribution in [0.25, 0.3) is 17.3 Å². The number of hydrogen-bond acceptors (Lipinski definition) is 4. The highest BCUT2D eigenvalue weighted by Gasteiger charge is 2.09. The van der Waals surface area contributed by atoms with Gasteiger partial charge in [0.2, 0.25) is 0 Å². The van der Waals surface area contributed by atoms with Crippen LogP contribution in [0.2, 0.25) is 0 Å². The Hall–Kier alpha value is -2.43. The number of benzene rings is 1. The normalized spacial score (nSPS) is 10.0. The van der Waals surface area contributed by atoms with E-state index in [0.29, 0.717) is 17.0 Å². The molecule has 0 unspecified atom stereocenters. The maximum absolute atomic E-state index is 10.6. The molecule has 80 valence electrons. The van der Waals surface area contributed by atoms with Gasteiger partial charge in [0.15, 0.2) is 5.76 Å². The molecule has 2 aromatic rings. The molecule has 0 N–H and O–H groups in total. The average molecular weight is 216 g/mol. The average Bonchev–Trinajstić information content (AvgIpc) is 2.77. The Morgan fingerprint density at radius 3 is 2.88 bits per heavy atom. The van der Waals surface area contributed by atoms with Crippen LogP contribution in [0.5, 0.6) is 0 Å². The number of rotatable bonds is 3. The van der Waals surface area contributed by atoms with Gasteiger partial charge in [-0.2, -0.15) is 0 Å². The smallest absolute Gasteiger partial charge is 0.270 e. The molecule has 0 radical (unpaired) electrons. The molecule has 5 heteroatoms. The summed E-state index contributed by atoms with van der Waals surface area (Å²) in [5, 5.41) is 14.4. The number of nitro groups is 1. The van der Waals surface area contributed by atoms with Gasteiger partial charge < -0.3 is 4.52 Å². The molecule has 0 aliphatic carbocycles. The summed E-state index contributed by atoms with van der Waals surface area (Å²) in [6, 6.07) is 7.89. The second kappa shape index (κ2) is 3.98. The molecule has 0 spiro atoms. The molecule has 0 bridgehead atoms. The van der Waals surface area contributed by atoms with E-state index in [1.165, 1.54) is 18.2 Å². The molecule has 0 aliphatic heterocycles. The zero-order valence-corrected chi connectivity index (χ0v) is 8.29. The number of nitro benzene ring substituents is 1. The summed E-state index contributed by atoms with van der Waals surface area (Å²) in [4.78, 5) is 10.1. The van der Waals surface area contributed by atoms with Crippen molar-refractivity contribution in [1.82, 2.24) is 5.16 Å². The highest BCUT2D eigenvalue weighted by atomic mass is 16.6. The third-order valence-corrected chi connectivity index (χ3v) is 2.08. The predicted molar refractivity (Wildman–Crippen MR) is 58.7 cm³/mol. The van der Waals surface area contributed by atoms with Gasteiger partial charge in [-0.25, -0.2) is 0 Å². The van der Waals surface area contributed by atoms with Crippen LogP contribution in [0.15, 0.2) is 41.4 Å². The number of nitrogens with zero attached hydrogens (tertiary/aromatic N) is 2. The van der Waals surface area contributed by atoms with Crippen molar-refractivity contribution in [3.05, 3.63) is 52.8 Å². The fourth-order valence-corrected chi connectivity index (χ4v) is 1.30. The van der Waals surface area contributed by atoms with Crippen molar-refractivity contribution in [2.24, 2.45) is 0 Å². The third-order valence-electron chi connectivity index (χ3n) is 2.08. The van der Waals surface area contributed by atoms with Gasteiger partial charge in [0, 0.05) is 23.8 Å². The molecule has 0 saturated carbocycles. The van der Waals surface area contributed by atoms with Crippen LogP contribution >= 0.6 is 0 Å². The van der Waals surface area contributed by atoms with E-state index in [9.17, 15) is 10.1 Å². The lowest BCUT2D eigenvalue weighted by atomic mass is 10.1. The van der Waals surface area contributed by atoms with Gasteiger partial charge in [-0.15, -0.1) is 0 Å². The molecule has 0 saturated heterocycles. The van der Waals surface area contributed by atoms with Crippen LogP contribution in [0.1, 0.15) is 5.76 Å². The molecule has 0 fully saturated rings. The first kappa shape index (κ1) is 10.1. The maximum atomic E-state index is 10.6. The van der Waals surface area contributed by atoms with Gasteiger partial charge in [0.05, 0.1) is 4.92 Å². The molecule has 5 nitrogen and oxygen atoms in total. The highest BCUT2D eigenvalue weighted by molar-refractivity contribution is 5.63. The lowest BCUT2D eigenvalue weighted by Crippen LogP contribution is -1.87. The van der Waals surface area contributed by atoms with Gasteiger partial charge in [-0.05, 0) is 6.08 Å². The SMILES string of the molecule is C=Cc1cc(-c2cccc([N+](=O)[O-])c2)no1. The summed E-state index contributed by atoms with van der Waals surface area (Å²) in [5.74, 6) is 0.529. The van der Waals surface area contributed by atoms with Crippen molar-refractivity contribution in [3.8, 4) is 11.3 Å². The van der Waals surface area contributed by atoms with E-state index in [1.54, 1.807) is 18.2 Å². The van der Waals surface area contributed by atoms with Crippen LogP contribution in [-0.4, -0.2) is 10.1 Å². The van der Waals surface area contributed by atoms with Gasteiger partial charge >= 0.3 is 0 Å². The summed E-state index contributed by atoms with van der Waals surface area (Å²) in [5.41, 5.74) is 1.23. The summed E-state index contributed by atoms with van der Waals surface area (Å²) in [6.45, 7) is 3.54. The number of hydrogen-bond donors (Lipinski definition) is 0. The van der Waals surface area contributed by atoms with Crippen LogP contribution in [-0.2, 0) is 0 Å². The largest absolute Gasteiger partial charge is 0.356 e. The first-order chi connectivity index (χ1) is 7.70. The molecular formula is C11H8N2O3. The molecule has 0 aliphatic rings. The Balaban J connectivity index is 2.43. The van der Waals surface area contributed by atoms with Crippen LogP contribution < -0.4 is 0 Å². The van der Waals surface area contributed by atoms with E-state index in [2.05, 4.69) is 11.7 Å². The van der Waals surface area contributed by atoms with Crippen LogP contribution in [0, 0.1) is 10.1 Å². The fourth-order valence-electron chi connectivity index (χ4n) is 1.30. The molecule has 2 rings (SSSR count). The van der Waals surface area contributed by atoms with E-state index in [4.69, 9.17) is 4.52 Å². The van der Waals surface area contributed by atoms with E-state index >= 15 is 0 Å². The van der Waals surface area contributed by atoms with E-state index in [1.807, 2.05) is 0 Å². The second-order valence-electron chi connectivity index (χ2n) is 3.13. The topological polar surface area (TPSA) is 69.2 Å². The van der Waals surface area contributed by atoms with Crippen molar-refractivity contribution in [1.29, 1.82) is 0 Å². The molecule has 16 heavy (non-hydrogen) atoms. The zero-order valence-electron chi connectivity index (χ0n) is 8.29. The minimum Gasteiger partial charge on any atom is -0.356 e. The Morgan fingerprint density at radius 1 is 1.44 bits per heavy atom. The quantitative estimate of drug-likeness (QED) is 0.584. The molecular weight excluding hydrogens is 208 g/mol. The van der Waals surface area contributed by atoms with Crippen molar-refractivity contribution in [2.45, 2.75) is 0 Å². The molecule has 0 amide bonds. The van der Waals surface area contributed by atoms with Gasteiger partial charge in [-0.3, -0.25) is 10.1 Å². The molecule has 1 heterocycles. The monoisotopic (exact) mass is 216 g/mol. The maximum Gasteiger partial charge on any atom is 0.270 e. The fraction of sp³-hybridized carbons (Fsp3) is 0. The number of aromatic nitrogens is 1. The minimum absolute atomic E-state index is 0.0284. The Labute approximate surface area is 91.1 Å². The predicted octanol–water partition coefficient (Wildman–Crippen LogP) is 2.89. The Bertz CT molecular complexity index is 546. The van der Waals surface area contributed by atoms with Crippen LogP contribution in [0.4, 0.5) is 5.69 Å². The van der Waals surface area contributed by atoms with Gasteiger partial charge in [0.1, 0.15) is 5.69 Å². The minimum atomic E-state index is -0.446. The lowest BCUT2D eigenvalue weighted by molar-refractivity contribution is -0.384. The summed E-state index contributed by atoms with van der Waals surface area (Å²) in [7, 11) is 0. The molecule has 1 aromatic carbocycles. The Kier molecular flexibility index (Phi) is 2.51. The third kappa shape index (κ3) is 1.83. The standard InChI is InChI=1S/C11H8N2O3/c1-2-10-7-11(12-16-10)8-4-3-5-9(6-8)13(14)15/h2-7H,1H2. The molecule has 0 atom stereocenters. The van der Waals surface area contributed by atoms with E-state index in [-0.39, 0.29) is 5.69 Å². The van der Waals surface area contributed by atoms with E-state index < -0.39 is 4.92 Å². The van der Waals surface area contributed by atoms with Gasteiger partial charge in [0.25, 0.3) is 5.69 Å². The van der Waals surface area contributed by atoms with Crippen molar-refractivity contribution in [2.75, 3.05) is 0 Å². The summed E-state index contributed by atoms with van der Waals surface area (Å²) < 4.78 is 4.93.